The molecule has 1 aliphatic rings. The van der Waals surface area contributed by atoms with E-state index in [2.05, 4.69) is 4.98 Å². The normalized spacial score (nSPS) is 21.0. The molecule has 1 aliphatic carbocycles. The molecule has 0 saturated heterocycles. The highest BCUT2D eigenvalue weighted by molar-refractivity contribution is 7.89. The van der Waals surface area contributed by atoms with Crippen molar-refractivity contribution in [1.29, 1.82) is 0 Å². The summed E-state index contributed by atoms with van der Waals surface area (Å²) >= 11 is 5.49. The lowest BCUT2D eigenvalue weighted by atomic mass is 9.67. The van der Waals surface area contributed by atoms with E-state index in [4.69, 9.17) is 22.7 Å². The van der Waals surface area contributed by atoms with Gasteiger partial charge in [0.05, 0.1) is 15.3 Å². The maximum atomic E-state index is 13.2. The first-order valence-electron chi connectivity index (χ1n) is 10.8. The molecule has 2 atom stereocenters. The molecular weight excluding hydrogens is 479 g/mol. The molecule has 0 spiro atoms. The highest BCUT2D eigenvalue weighted by Crippen LogP contribution is 2.42. The van der Waals surface area contributed by atoms with Crippen LogP contribution in [0.25, 0.3) is 5.65 Å². The van der Waals surface area contributed by atoms with Crippen LogP contribution in [0.3, 0.4) is 0 Å². The number of fused-ring (bicyclic) bond motifs is 1. The molecular formula is C23H25FN4O4S2. The lowest BCUT2D eigenvalue weighted by Crippen LogP contribution is -2.53. The Morgan fingerprint density at radius 2 is 2.03 bits per heavy atom. The molecule has 0 bridgehead atoms. The third-order valence-corrected chi connectivity index (χ3v) is 8.51. The average Bonchev–Trinajstić information content (AvgIpc) is 3.27. The Balaban J connectivity index is 1.57. The van der Waals surface area contributed by atoms with Crippen LogP contribution in [0.4, 0.5) is 4.39 Å². The number of nitrogens with two attached hydrogens (primary N) is 1. The summed E-state index contributed by atoms with van der Waals surface area (Å²) in [4.78, 5) is 17.2. The second kappa shape index (κ2) is 9.40. The number of aromatic nitrogens is 2. The topological polar surface area (TPSA) is 107 Å². The number of hydrogen-bond acceptors (Lipinski definition) is 6. The van der Waals surface area contributed by atoms with E-state index in [1.54, 1.807) is 6.20 Å². The van der Waals surface area contributed by atoms with Gasteiger partial charge in [0.1, 0.15) is 24.1 Å². The average molecular weight is 505 g/mol. The lowest BCUT2D eigenvalue weighted by Gasteiger charge is -2.43. The lowest BCUT2D eigenvalue weighted by molar-refractivity contribution is -0.153. The van der Waals surface area contributed by atoms with Gasteiger partial charge in [-0.05, 0) is 55.2 Å². The molecule has 0 aliphatic heterocycles. The van der Waals surface area contributed by atoms with Crippen molar-refractivity contribution < 1.29 is 22.3 Å². The van der Waals surface area contributed by atoms with Crippen LogP contribution in [0.5, 0.6) is 0 Å². The van der Waals surface area contributed by atoms with Gasteiger partial charge in [0.15, 0.2) is 0 Å². The van der Waals surface area contributed by atoms with Crippen molar-refractivity contribution in [2.45, 2.75) is 42.1 Å². The van der Waals surface area contributed by atoms with Crippen molar-refractivity contribution >= 4 is 38.8 Å². The number of benzene rings is 1. The van der Waals surface area contributed by atoms with Crippen molar-refractivity contribution in [3.63, 3.8) is 0 Å². The number of carbonyl (C=O) groups is 1. The van der Waals surface area contributed by atoms with Crippen LogP contribution in [0.2, 0.25) is 0 Å². The molecule has 4 rings (SSSR count). The summed E-state index contributed by atoms with van der Waals surface area (Å²) < 4.78 is 47.3. The van der Waals surface area contributed by atoms with E-state index in [0.29, 0.717) is 12.8 Å². The van der Waals surface area contributed by atoms with Crippen LogP contribution in [0.1, 0.15) is 31.2 Å². The maximum absolute atomic E-state index is 13.2. The fraction of sp³-hybridized carbons (Fsp3) is 0.348. The fourth-order valence-electron chi connectivity index (χ4n) is 4.49. The molecule has 34 heavy (non-hydrogen) atoms. The first kappa shape index (κ1) is 24.2. The van der Waals surface area contributed by atoms with Crippen molar-refractivity contribution in [1.82, 2.24) is 13.7 Å². The van der Waals surface area contributed by atoms with Crippen LogP contribution < -0.4 is 5.73 Å². The zero-order chi connectivity index (χ0) is 24.5. The summed E-state index contributed by atoms with van der Waals surface area (Å²) in [6.07, 6.45) is 7.55. The van der Waals surface area contributed by atoms with Crippen molar-refractivity contribution in [3.05, 3.63) is 66.4 Å². The van der Waals surface area contributed by atoms with Gasteiger partial charge in [0.2, 0.25) is 10.0 Å². The van der Waals surface area contributed by atoms with Crippen molar-refractivity contribution in [2.24, 2.45) is 5.73 Å². The van der Waals surface area contributed by atoms with Crippen LogP contribution in [-0.2, 0) is 25.0 Å². The van der Waals surface area contributed by atoms with E-state index >= 15 is 0 Å². The molecule has 2 N–H and O–H groups in total. The predicted molar refractivity (Wildman–Crippen MR) is 128 cm³/mol. The summed E-state index contributed by atoms with van der Waals surface area (Å²) in [5.41, 5.74) is 6.96. The summed E-state index contributed by atoms with van der Waals surface area (Å²) in [6, 6.07) is 8.14. The number of rotatable bonds is 7. The molecule has 1 aromatic carbocycles. The molecule has 0 amide bonds. The number of imidazole rings is 1. The Morgan fingerprint density at radius 1 is 1.29 bits per heavy atom. The summed E-state index contributed by atoms with van der Waals surface area (Å²) in [5.74, 6) is -1.27. The number of likely N-dealkylation sites (N-methyl/N-ethyl adjacent to an activating group) is 1. The Hall–Kier alpha value is -2.89. The number of ether oxygens (including phenoxy) is 1. The Morgan fingerprint density at radius 3 is 2.74 bits per heavy atom. The van der Waals surface area contributed by atoms with Gasteiger partial charge >= 0.3 is 5.97 Å². The Labute approximate surface area is 202 Å². The minimum absolute atomic E-state index is 0.118. The first-order chi connectivity index (χ1) is 16.1. The maximum Gasteiger partial charge on any atom is 0.321 e. The van der Waals surface area contributed by atoms with E-state index in [-0.39, 0.29) is 9.88 Å². The van der Waals surface area contributed by atoms with E-state index in [1.807, 2.05) is 28.9 Å². The molecule has 180 valence electrons. The molecule has 1 fully saturated rings. The van der Waals surface area contributed by atoms with Crippen molar-refractivity contribution in [2.75, 3.05) is 13.6 Å². The minimum Gasteiger partial charge on any atom is -0.460 e. The van der Waals surface area contributed by atoms with Gasteiger partial charge in [-0.1, -0.05) is 24.7 Å². The monoisotopic (exact) mass is 504 g/mol. The molecule has 3 aromatic rings. The Bertz CT molecular complexity index is 1330. The number of pyridine rings is 1. The highest BCUT2D eigenvalue weighted by Gasteiger charge is 2.47. The van der Waals surface area contributed by atoms with E-state index < -0.39 is 39.9 Å². The SMILES string of the molecule is CN(CC(=O)OC1CCCCC1(C(N)=S)c1ccc2nccn2c1)S(=O)(=O)c1ccc(F)cc1. The van der Waals surface area contributed by atoms with Gasteiger partial charge in [-0.3, -0.25) is 4.79 Å². The number of sulfonamides is 1. The first-order valence-corrected chi connectivity index (χ1v) is 12.6. The smallest absolute Gasteiger partial charge is 0.321 e. The molecule has 2 heterocycles. The second-order valence-electron chi connectivity index (χ2n) is 8.39. The van der Waals surface area contributed by atoms with Crippen LogP contribution >= 0.6 is 12.2 Å². The number of esters is 1. The molecule has 1 saturated carbocycles. The molecule has 0 radical (unpaired) electrons. The van der Waals surface area contributed by atoms with E-state index in [0.717, 1.165) is 52.6 Å². The van der Waals surface area contributed by atoms with Crippen LogP contribution in [0.15, 0.2) is 59.9 Å². The number of carbonyl (C=O) groups excluding carboxylic acids is 1. The Kier molecular flexibility index (Phi) is 6.70. The minimum atomic E-state index is -4.00. The third kappa shape index (κ3) is 4.42. The molecule has 8 nitrogen and oxygen atoms in total. The number of nitrogens with zero attached hydrogens (tertiary/aromatic N) is 3. The van der Waals surface area contributed by atoms with Gasteiger partial charge in [-0.15, -0.1) is 0 Å². The third-order valence-electron chi connectivity index (χ3n) is 6.33. The van der Waals surface area contributed by atoms with Gasteiger partial charge < -0.3 is 14.9 Å². The van der Waals surface area contributed by atoms with Gasteiger partial charge in [0.25, 0.3) is 0 Å². The van der Waals surface area contributed by atoms with Gasteiger partial charge in [-0.25, -0.2) is 17.8 Å². The summed E-state index contributed by atoms with van der Waals surface area (Å²) in [5, 5.41) is 0. The van der Waals surface area contributed by atoms with E-state index in [9.17, 15) is 17.6 Å². The molecule has 11 heteroatoms. The molecule has 2 aromatic heterocycles. The zero-order valence-electron chi connectivity index (χ0n) is 18.6. The number of hydrogen-bond donors (Lipinski definition) is 1. The van der Waals surface area contributed by atoms with Crippen LogP contribution in [0, 0.1) is 5.82 Å². The quantitative estimate of drug-likeness (QED) is 0.389. The van der Waals surface area contributed by atoms with Gasteiger partial charge in [-0.2, -0.15) is 4.31 Å². The summed E-state index contributed by atoms with van der Waals surface area (Å²) in [6.45, 7) is -0.510. The number of halogens is 1. The van der Waals surface area contributed by atoms with E-state index in [1.165, 1.54) is 7.05 Å². The van der Waals surface area contributed by atoms with Gasteiger partial charge in [0, 0.05) is 25.6 Å². The van der Waals surface area contributed by atoms with Crippen molar-refractivity contribution in [3.8, 4) is 0 Å². The molecule has 2 unspecified atom stereocenters. The standard InChI is InChI=1S/C23H25FN4O4S2/c1-27(34(30,31)18-8-6-17(24)7-9-18)15-21(29)32-19-4-2-3-11-23(19,22(25)33)16-5-10-20-26-12-13-28(20)14-16/h5-10,12-14,19H,2-4,11,15H2,1H3,(H2,25,33). The largest absolute Gasteiger partial charge is 0.460 e. The second-order valence-corrected chi connectivity index (χ2v) is 10.9. The summed E-state index contributed by atoms with van der Waals surface area (Å²) in [7, 11) is -2.73. The predicted octanol–water partition coefficient (Wildman–Crippen LogP) is 2.80. The fourth-order valence-corrected chi connectivity index (χ4v) is 5.95. The highest BCUT2D eigenvalue weighted by atomic mass is 32.2. The zero-order valence-corrected chi connectivity index (χ0v) is 20.2. The number of thiocarbonyl (C=S) groups is 1. The van der Waals surface area contributed by atoms with Crippen LogP contribution in [-0.4, -0.2) is 52.8 Å².